The van der Waals surface area contributed by atoms with Crippen molar-refractivity contribution in [2.45, 2.75) is 56.2 Å². The molecular weight excluding hydrogens is 248 g/mol. The largest absolute Gasteiger partial charge is 0.342 e. The van der Waals surface area contributed by atoms with E-state index in [0.29, 0.717) is 6.42 Å². The Morgan fingerprint density at radius 2 is 2.22 bits per heavy atom. The smallest absolute Gasteiger partial charge is 0.253 e. The molecule has 0 aliphatic carbocycles. The van der Waals surface area contributed by atoms with Crippen molar-refractivity contribution in [3.8, 4) is 0 Å². The van der Waals surface area contributed by atoms with Crippen LogP contribution in [0.5, 0.6) is 0 Å². The lowest BCUT2D eigenvalue weighted by Gasteiger charge is -2.41. The molecule has 4 nitrogen and oxygen atoms in total. The molecular formula is C13H20N2O2S. The molecule has 5 heteroatoms. The van der Waals surface area contributed by atoms with Gasteiger partial charge in [-0.1, -0.05) is 19.9 Å². The van der Waals surface area contributed by atoms with Gasteiger partial charge in [-0.25, -0.2) is 0 Å². The van der Waals surface area contributed by atoms with Crippen LogP contribution in [-0.2, 0) is 9.59 Å². The summed E-state index contributed by atoms with van der Waals surface area (Å²) in [5.41, 5.74) is 0.849. The lowest BCUT2D eigenvalue weighted by atomic mass is 10.0. The number of fused-ring (bicyclic) bond motifs is 1. The minimum absolute atomic E-state index is 0.0204. The van der Waals surface area contributed by atoms with E-state index in [0.717, 1.165) is 18.5 Å². The van der Waals surface area contributed by atoms with Gasteiger partial charge in [0.05, 0.1) is 4.75 Å². The molecule has 0 aromatic carbocycles. The van der Waals surface area contributed by atoms with Gasteiger partial charge in [-0.05, 0) is 20.3 Å². The Bertz CT molecular complexity index is 406. The molecule has 1 N–H and O–H groups in total. The molecule has 0 aromatic rings. The third-order valence-corrected chi connectivity index (χ3v) is 5.07. The third kappa shape index (κ3) is 2.05. The van der Waals surface area contributed by atoms with Crippen LogP contribution in [0.15, 0.2) is 12.3 Å². The molecule has 2 rings (SSSR count). The molecule has 0 bridgehead atoms. The highest BCUT2D eigenvalue weighted by molar-refractivity contribution is 8.01. The lowest BCUT2D eigenvalue weighted by Crippen LogP contribution is -2.66. The van der Waals surface area contributed by atoms with Crippen molar-refractivity contribution in [3.05, 3.63) is 12.3 Å². The van der Waals surface area contributed by atoms with Gasteiger partial charge in [0.2, 0.25) is 5.91 Å². The molecule has 0 radical (unpaired) electrons. The maximum absolute atomic E-state index is 12.0. The maximum atomic E-state index is 12.0. The molecule has 0 saturated carbocycles. The van der Waals surface area contributed by atoms with Crippen molar-refractivity contribution in [1.82, 2.24) is 10.2 Å². The number of hydrogen-bond donors (Lipinski definition) is 1. The molecule has 2 aliphatic rings. The Balaban J connectivity index is 1.96. The number of hydrogen-bond acceptors (Lipinski definition) is 3. The average molecular weight is 268 g/mol. The molecule has 2 heterocycles. The Labute approximate surface area is 112 Å². The zero-order valence-corrected chi connectivity index (χ0v) is 12.0. The minimum atomic E-state index is -0.363. The molecule has 0 spiro atoms. The Hall–Kier alpha value is -0.970. The fourth-order valence-electron chi connectivity index (χ4n) is 2.25. The van der Waals surface area contributed by atoms with Crippen molar-refractivity contribution >= 4 is 23.6 Å². The van der Waals surface area contributed by atoms with Crippen LogP contribution in [0, 0.1) is 0 Å². The number of unbranched alkanes of at least 4 members (excludes halogenated alkanes) is 1. The summed E-state index contributed by atoms with van der Waals surface area (Å²) in [6.45, 7) is 10.1. The maximum Gasteiger partial charge on any atom is 0.253 e. The van der Waals surface area contributed by atoms with E-state index < -0.39 is 0 Å². The fourth-order valence-corrected chi connectivity index (χ4v) is 3.74. The molecule has 2 fully saturated rings. The van der Waals surface area contributed by atoms with Gasteiger partial charge in [-0.3, -0.25) is 14.5 Å². The van der Waals surface area contributed by atoms with Crippen molar-refractivity contribution in [3.63, 3.8) is 0 Å². The van der Waals surface area contributed by atoms with E-state index >= 15 is 0 Å². The SMILES string of the molecule is C=C1N2C(=O)C(NC(=O)CCCC)C2SC1(C)C. The summed E-state index contributed by atoms with van der Waals surface area (Å²) in [5.74, 6) is -0.0429. The molecule has 2 amide bonds. The van der Waals surface area contributed by atoms with Crippen molar-refractivity contribution in [1.29, 1.82) is 0 Å². The molecule has 0 aromatic heterocycles. The summed E-state index contributed by atoms with van der Waals surface area (Å²) in [4.78, 5) is 25.4. The normalized spacial score (nSPS) is 28.9. The highest BCUT2D eigenvalue weighted by Crippen LogP contribution is 2.52. The van der Waals surface area contributed by atoms with Gasteiger partial charge >= 0.3 is 0 Å². The molecule has 2 aliphatic heterocycles. The van der Waals surface area contributed by atoms with E-state index in [1.807, 2.05) is 6.92 Å². The van der Waals surface area contributed by atoms with E-state index in [-0.39, 0.29) is 28.0 Å². The summed E-state index contributed by atoms with van der Waals surface area (Å²) in [6.07, 6.45) is 2.36. The molecule has 100 valence electrons. The quantitative estimate of drug-likeness (QED) is 0.792. The summed E-state index contributed by atoms with van der Waals surface area (Å²) >= 11 is 1.69. The Kier molecular flexibility index (Phi) is 3.45. The zero-order valence-electron chi connectivity index (χ0n) is 11.2. The van der Waals surface area contributed by atoms with Gasteiger partial charge in [0.15, 0.2) is 0 Å². The first-order valence-corrected chi connectivity index (χ1v) is 7.26. The number of nitrogens with zero attached hydrogens (tertiary/aromatic N) is 1. The van der Waals surface area contributed by atoms with Gasteiger partial charge in [0.25, 0.3) is 5.91 Å². The van der Waals surface area contributed by atoms with Crippen LogP contribution in [0.4, 0.5) is 0 Å². The predicted octanol–water partition coefficient (Wildman–Crippen LogP) is 1.87. The van der Waals surface area contributed by atoms with Crippen molar-refractivity contribution in [2.75, 3.05) is 0 Å². The summed E-state index contributed by atoms with van der Waals surface area (Å²) < 4.78 is -0.122. The fraction of sp³-hybridized carbons (Fsp3) is 0.692. The number of amides is 2. The van der Waals surface area contributed by atoms with Crippen LogP contribution in [0.3, 0.4) is 0 Å². The molecule has 2 unspecified atom stereocenters. The van der Waals surface area contributed by atoms with Crippen LogP contribution in [-0.4, -0.2) is 32.9 Å². The van der Waals surface area contributed by atoms with Crippen LogP contribution in [0.2, 0.25) is 0 Å². The lowest BCUT2D eigenvalue weighted by molar-refractivity contribution is -0.145. The second kappa shape index (κ2) is 4.61. The Morgan fingerprint density at radius 3 is 2.83 bits per heavy atom. The summed E-state index contributed by atoms with van der Waals surface area (Å²) in [7, 11) is 0. The van der Waals surface area contributed by atoms with E-state index in [2.05, 4.69) is 25.7 Å². The summed E-state index contributed by atoms with van der Waals surface area (Å²) in [6, 6.07) is -0.363. The first-order chi connectivity index (χ1) is 8.38. The van der Waals surface area contributed by atoms with Gasteiger partial charge in [-0.2, -0.15) is 0 Å². The number of rotatable bonds is 4. The molecule has 2 saturated heterocycles. The third-order valence-electron chi connectivity index (χ3n) is 3.52. The van der Waals surface area contributed by atoms with Gasteiger partial charge in [0.1, 0.15) is 11.4 Å². The monoisotopic (exact) mass is 268 g/mol. The van der Waals surface area contributed by atoms with Crippen LogP contribution < -0.4 is 5.32 Å². The van der Waals surface area contributed by atoms with Gasteiger partial charge in [0, 0.05) is 12.1 Å². The second-order valence-corrected chi connectivity index (χ2v) is 7.06. The highest BCUT2D eigenvalue weighted by Gasteiger charge is 2.58. The first-order valence-electron chi connectivity index (χ1n) is 6.38. The topological polar surface area (TPSA) is 49.4 Å². The number of thioether (sulfide) groups is 1. The van der Waals surface area contributed by atoms with Crippen molar-refractivity contribution in [2.24, 2.45) is 0 Å². The second-order valence-electron chi connectivity index (χ2n) is 5.32. The zero-order chi connectivity index (χ0) is 13.5. The minimum Gasteiger partial charge on any atom is -0.342 e. The van der Waals surface area contributed by atoms with Crippen LogP contribution >= 0.6 is 11.8 Å². The van der Waals surface area contributed by atoms with E-state index in [9.17, 15) is 9.59 Å². The van der Waals surface area contributed by atoms with Gasteiger partial charge in [-0.15, -0.1) is 11.8 Å². The van der Waals surface area contributed by atoms with Crippen LogP contribution in [0.1, 0.15) is 40.0 Å². The first kappa shape index (κ1) is 13.5. The number of β-lactam (4-membered cyclic amide) rings is 1. The number of nitrogens with one attached hydrogen (secondary N) is 1. The molecule has 2 atom stereocenters. The van der Waals surface area contributed by atoms with E-state index in [1.165, 1.54) is 0 Å². The van der Waals surface area contributed by atoms with Crippen LogP contribution in [0.25, 0.3) is 0 Å². The van der Waals surface area contributed by atoms with E-state index in [4.69, 9.17) is 0 Å². The Morgan fingerprint density at radius 1 is 1.56 bits per heavy atom. The standard InChI is InChI=1S/C13H20N2O2S/c1-5-6-7-9(16)14-10-11(17)15-8(2)13(3,4)18-12(10)15/h10,12H,2,5-7H2,1,3-4H3,(H,14,16). The summed E-state index contributed by atoms with van der Waals surface area (Å²) in [5, 5.41) is 2.87. The predicted molar refractivity (Wildman–Crippen MR) is 72.9 cm³/mol. The molecule has 18 heavy (non-hydrogen) atoms. The highest BCUT2D eigenvalue weighted by atomic mass is 32.2. The van der Waals surface area contributed by atoms with Crippen molar-refractivity contribution < 1.29 is 9.59 Å². The average Bonchev–Trinajstić information content (AvgIpc) is 2.52. The van der Waals surface area contributed by atoms with E-state index in [1.54, 1.807) is 16.7 Å². The number of carbonyl (C=O) groups excluding carboxylic acids is 2. The number of carbonyl (C=O) groups is 2. The van der Waals surface area contributed by atoms with Gasteiger partial charge < -0.3 is 5.32 Å².